The second-order valence-electron chi connectivity index (χ2n) is 8.02. The van der Waals surface area contributed by atoms with Gasteiger partial charge >= 0.3 is 5.69 Å². The molecule has 0 amide bonds. The summed E-state index contributed by atoms with van der Waals surface area (Å²) < 4.78 is 6.65. The minimum absolute atomic E-state index is 0.119. The third-order valence-electron chi connectivity index (χ3n) is 5.65. The summed E-state index contributed by atoms with van der Waals surface area (Å²) in [4.78, 5) is 31.2. The smallest absolute Gasteiger partial charge is 0.307 e. The van der Waals surface area contributed by atoms with E-state index in [9.17, 15) is 9.59 Å². The van der Waals surface area contributed by atoms with E-state index in [-0.39, 0.29) is 23.8 Å². The van der Waals surface area contributed by atoms with Crippen molar-refractivity contribution in [3.8, 4) is 11.3 Å². The normalized spacial score (nSPS) is 11.7. The molecule has 0 radical (unpaired) electrons. The summed E-state index contributed by atoms with van der Waals surface area (Å²) in [5.41, 5.74) is 3.00. The highest BCUT2D eigenvalue weighted by molar-refractivity contribution is 5.78. The van der Waals surface area contributed by atoms with Gasteiger partial charge < -0.3 is 4.57 Å². The number of fused-ring (bicyclic) bond motifs is 3. The molecule has 0 unspecified atom stereocenters. The monoisotopic (exact) mass is 413 g/mol. The van der Waals surface area contributed by atoms with Crippen molar-refractivity contribution in [1.82, 2.24) is 23.1 Å². The molecule has 0 saturated carbocycles. The van der Waals surface area contributed by atoms with Crippen LogP contribution in [0.4, 0.5) is 0 Å². The zero-order chi connectivity index (χ0) is 21.7. The number of imidazole rings is 2. The fourth-order valence-corrected chi connectivity index (χ4v) is 4.15. The zero-order valence-electron chi connectivity index (χ0n) is 17.7. The first kappa shape index (κ1) is 19.1. The highest BCUT2D eigenvalue weighted by Crippen LogP contribution is 2.28. The Bertz CT molecular complexity index is 1520. The maximum Gasteiger partial charge on any atom is 0.332 e. The molecule has 31 heavy (non-hydrogen) atoms. The molecule has 0 spiro atoms. The molecular formula is C24H23N5O2. The fraction of sp³-hybridized carbons (Fsp3) is 0.208. The van der Waals surface area contributed by atoms with Crippen LogP contribution in [-0.4, -0.2) is 23.1 Å². The lowest BCUT2D eigenvalue weighted by Gasteiger charge is -2.12. The van der Waals surface area contributed by atoms with Crippen LogP contribution in [0.25, 0.3) is 28.2 Å². The Hall–Kier alpha value is -3.87. The molecule has 0 N–H and O–H groups in total. The molecule has 5 aromatic rings. The number of hydrogen-bond donors (Lipinski definition) is 0. The second-order valence-corrected chi connectivity index (χ2v) is 8.02. The van der Waals surface area contributed by atoms with Crippen LogP contribution >= 0.6 is 0 Å². The van der Waals surface area contributed by atoms with Gasteiger partial charge in [0.15, 0.2) is 11.2 Å². The number of rotatable bonds is 4. The number of aryl methyl sites for hydroxylation is 1. The first-order valence-corrected chi connectivity index (χ1v) is 10.3. The third-order valence-corrected chi connectivity index (χ3v) is 5.65. The van der Waals surface area contributed by atoms with Gasteiger partial charge in [-0.3, -0.25) is 18.3 Å². The van der Waals surface area contributed by atoms with Crippen molar-refractivity contribution in [3.05, 3.63) is 93.3 Å². The van der Waals surface area contributed by atoms with Gasteiger partial charge in [0.1, 0.15) is 0 Å². The third kappa shape index (κ3) is 2.92. The van der Waals surface area contributed by atoms with E-state index in [2.05, 4.69) is 18.4 Å². The molecule has 7 nitrogen and oxygen atoms in total. The van der Waals surface area contributed by atoms with Crippen LogP contribution in [0.15, 0.2) is 76.4 Å². The van der Waals surface area contributed by atoms with E-state index >= 15 is 0 Å². The summed E-state index contributed by atoms with van der Waals surface area (Å²) in [7, 11) is 1.66. The molecule has 0 atom stereocenters. The standard InChI is InChI=1S/C24H23N5O2/c1-16(2)29-19(18-12-8-5-9-13-18)15-27-20-21(25-23(27)29)26(3)24(31)28(22(20)30)14-17-10-6-4-7-11-17/h4-13,15-16H,14H2,1-3H3. The number of hydrogen-bond acceptors (Lipinski definition) is 3. The zero-order valence-corrected chi connectivity index (χ0v) is 17.7. The SMILES string of the molecule is CC(C)n1c(-c2ccccc2)cn2c3c(=O)n(Cc4ccccc4)c(=O)n(C)c3nc12. The molecule has 7 heteroatoms. The highest BCUT2D eigenvalue weighted by Gasteiger charge is 2.22. The average Bonchev–Trinajstić information content (AvgIpc) is 3.33. The predicted octanol–water partition coefficient (Wildman–Crippen LogP) is 3.45. The van der Waals surface area contributed by atoms with Crippen molar-refractivity contribution < 1.29 is 0 Å². The van der Waals surface area contributed by atoms with E-state index in [1.165, 1.54) is 9.13 Å². The van der Waals surface area contributed by atoms with Crippen LogP contribution < -0.4 is 11.2 Å². The van der Waals surface area contributed by atoms with Crippen molar-refractivity contribution in [2.45, 2.75) is 26.4 Å². The molecule has 156 valence electrons. The molecule has 0 aliphatic heterocycles. The van der Waals surface area contributed by atoms with E-state index in [1.807, 2.05) is 71.3 Å². The van der Waals surface area contributed by atoms with Gasteiger partial charge in [0.2, 0.25) is 5.78 Å². The van der Waals surface area contributed by atoms with Crippen LogP contribution in [0.2, 0.25) is 0 Å². The second kappa shape index (κ2) is 7.12. The lowest BCUT2D eigenvalue weighted by atomic mass is 10.1. The van der Waals surface area contributed by atoms with Crippen molar-refractivity contribution in [3.63, 3.8) is 0 Å². The molecule has 3 heterocycles. The van der Waals surface area contributed by atoms with E-state index < -0.39 is 0 Å². The highest BCUT2D eigenvalue weighted by atomic mass is 16.2. The summed E-state index contributed by atoms with van der Waals surface area (Å²) in [6.45, 7) is 4.38. The predicted molar refractivity (Wildman–Crippen MR) is 122 cm³/mol. The number of aromatic nitrogens is 5. The first-order chi connectivity index (χ1) is 15.0. The van der Waals surface area contributed by atoms with E-state index in [0.29, 0.717) is 16.9 Å². The Morgan fingerprint density at radius 2 is 1.58 bits per heavy atom. The molecule has 0 fully saturated rings. The molecule has 2 aromatic carbocycles. The van der Waals surface area contributed by atoms with E-state index in [0.717, 1.165) is 16.8 Å². The van der Waals surface area contributed by atoms with Gasteiger partial charge in [-0.15, -0.1) is 0 Å². The molecular weight excluding hydrogens is 390 g/mol. The Kier molecular flexibility index (Phi) is 4.39. The molecule has 0 bridgehead atoms. The number of nitrogens with zero attached hydrogens (tertiary/aromatic N) is 5. The molecule has 0 aliphatic rings. The van der Waals surface area contributed by atoms with Gasteiger partial charge in [0.25, 0.3) is 5.56 Å². The van der Waals surface area contributed by atoms with Crippen LogP contribution in [-0.2, 0) is 13.6 Å². The number of benzene rings is 2. The van der Waals surface area contributed by atoms with Crippen LogP contribution in [0.3, 0.4) is 0 Å². The largest absolute Gasteiger partial charge is 0.332 e. The lowest BCUT2D eigenvalue weighted by Crippen LogP contribution is -2.39. The molecule has 0 saturated heterocycles. The Labute approximate surface area is 178 Å². The van der Waals surface area contributed by atoms with Crippen LogP contribution in [0, 0.1) is 0 Å². The minimum atomic E-state index is -0.374. The van der Waals surface area contributed by atoms with Crippen LogP contribution in [0.5, 0.6) is 0 Å². The summed E-state index contributed by atoms with van der Waals surface area (Å²) in [5.74, 6) is 0.647. The fourth-order valence-electron chi connectivity index (χ4n) is 4.15. The van der Waals surface area contributed by atoms with Crippen molar-refractivity contribution >= 4 is 16.9 Å². The molecule has 0 aliphatic carbocycles. The van der Waals surface area contributed by atoms with Crippen LogP contribution in [0.1, 0.15) is 25.5 Å². The van der Waals surface area contributed by atoms with E-state index in [1.54, 1.807) is 7.05 Å². The Balaban J connectivity index is 1.84. The van der Waals surface area contributed by atoms with Gasteiger partial charge in [-0.05, 0) is 25.0 Å². The van der Waals surface area contributed by atoms with Gasteiger partial charge in [-0.1, -0.05) is 60.7 Å². The molecule has 5 rings (SSSR count). The first-order valence-electron chi connectivity index (χ1n) is 10.3. The quantitative estimate of drug-likeness (QED) is 0.453. The van der Waals surface area contributed by atoms with E-state index in [4.69, 9.17) is 4.98 Å². The maximum atomic E-state index is 13.5. The molecule has 3 aromatic heterocycles. The Morgan fingerprint density at radius 1 is 0.935 bits per heavy atom. The van der Waals surface area contributed by atoms with Crippen molar-refractivity contribution in [2.24, 2.45) is 7.05 Å². The average molecular weight is 413 g/mol. The Morgan fingerprint density at radius 3 is 2.23 bits per heavy atom. The maximum absolute atomic E-state index is 13.5. The summed E-state index contributed by atoms with van der Waals surface area (Å²) in [5, 5.41) is 0. The van der Waals surface area contributed by atoms with Gasteiger partial charge in [0.05, 0.1) is 12.2 Å². The summed E-state index contributed by atoms with van der Waals surface area (Å²) in [6.07, 6.45) is 1.94. The van der Waals surface area contributed by atoms with Gasteiger partial charge in [0, 0.05) is 19.3 Å². The minimum Gasteiger partial charge on any atom is -0.307 e. The summed E-state index contributed by atoms with van der Waals surface area (Å²) >= 11 is 0. The van der Waals surface area contributed by atoms with Gasteiger partial charge in [-0.25, -0.2) is 4.79 Å². The summed E-state index contributed by atoms with van der Waals surface area (Å²) in [6, 6.07) is 19.7. The lowest BCUT2D eigenvalue weighted by molar-refractivity contribution is 0.620. The van der Waals surface area contributed by atoms with Crippen molar-refractivity contribution in [1.29, 1.82) is 0 Å². The van der Waals surface area contributed by atoms with Gasteiger partial charge in [-0.2, -0.15) is 4.98 Å². The topological polar surface area (TPSA) is 66.2 Å². The van der Waals surface area contributed by atoms with Crippen molar-refractivity contribution in [2.75, 3.05) is 0 Å².